The first-order valence-corrected chi connectivity index (χ1v) is 6.49. The molecule has 0 atom stereocenters. The van der Waals surface area contributed by atoms with E-state index >= 15 is 0 Å². The van der Waals surface area contributed by atoms with Crippen molar-refractivity contribution >= 4 is 5.91 Å². The van der Waals surface area contributed by atoms with Crippen LogP contribution >= 0.6 is 0 Å². The third-order valence-electron chi connectivity index (χ3n) is 3.18. The van der Waals surface area contributed by atoms with E-state index in [1.165, 1.54) is 25.4 Å². The van der Waals surface area contributed by atoms with Crippen molar-refractivity contribution in [2.45, 2.75) is 12.7 Å². The Balaban J connectivity index is 2.24. The Morgan fingerprint density at radius 2 is 1.96 bits per heavy atom. The largest absolute Gasteiger partial charge is 0.416 e. The van der Waals surface area contributed by atoms with Gasteiger partial charge in [-0.25, -0.2) is 4.39 Å². The van der Waals surface area contributed by atoms with Crippen molar-refractivity contribution in [3.8, 4) is 0 Å². The highest BCUT2D eigenvalue weighted by atomic mass is 19.4. The fraction of sp³-hybridized carbons (Fsp3) is 0.200. The van der Waals surface area contributed by atoms with Gasteiger partial charge in [-0.15, -0.1) is 0 Å². The number of nitrogens with zero attached hydrogens (tertiary/aromatic N) is 1. The molecule has 0 spiro atoms. The smallest absolute Gasteiger partial charge is 0.348 e. The number of pyridine rings is 1. The van der Waals surface area contributed by atoms with Gasteiger partial charge in [0.15, 0.2) is 0 Å². The SMILES string of the molecule is Cn1cccc(C(=O)NCc2cc(F)ccc2C(F)(F)F)c1=O. The molecular formula is C15H12F4N2O2. The summed E-state index contributed by atoms with van der Waals surface area (Å²) in [5.74, 6) is -1.68. The molecule has 0 saturated carbocycles. The van der Waals surface area contributed by atoms with Crippen LogP contribution in [0.5, 0.6) is 0 Å². The number of aryl methyl sites for hydroxylation is 1. The molecule has 1 amide bonds. The summed E-state index contributed by atoms with van der Waals surface area (Å²) in [6, 6.07) is 4.72. The average Bonchev–Trinajstić information content (AvgIpc) is 2.46. The zero-order valence-electron chi connectivity index (χ0n) is 11.9. The Labute approximate surface area is 128 Å². The van der Waals surface area contributed by atoms with Crippen LogP contribution in [-0.4, -0.2) is 10.5 Å². The summed E-state index contributed by atoms with van der Waals surface area (Å²) >= 11 is 0. The lowest BCUT2D eigenvalue weighted by Crippen LogP contribution is -2.32. The third kappa shape index (κ3) is 3.77. The second-order valence-electron chi connectivity index (χ2n) is 4.82. The number of nitrogens with one attached hydrogen (secondary N) is 1. The molecule has 8 heteroatoms. The molecule has 0 aliphatic heterocycles. The molecule has 0 radical (unpaired) electrons. The molecular weight excluding hydrogens is 316 g/mol. The molecule has 0 aliphatic rings. The van der Waals surface area contributed by atoms with E-state index in [0.29, 0.717) is 18.2 Å². The summed E-state index contributed by atoms with van der Waals surface area (Å²) in [6.07, 6.45) is -3.23. The zero-order valence-corrected chi connectivity index (χ0v) is 11.9. The van der Waals surface area contributed by atoms with Crippen molar-refractivity contribution in [1.29, 1.82) is 0 Å². The highest BCUT2D eigenvalue weighted by molar-refractivity contribution is 5.93. The molecule has 122 valence electrons. The fourth-order valence-corrected chi connectivity index (χ4v) is 2.03. The Kier molecular flexibility index (Phi) is 4.53. The molecule has 2 aromatic rings. The van der Waals surface area contributed by atoms with Crippen LogP contribution in [0.2, 0.25) is 0 Å². The average molecular weight is 328 g/mol. The number of carbonyl (C=O) groups excluding carboxylic acids is 1. The molecule has 1 aromatic carbocycles. The van der Waals surface area contributed by atoms with Crippen LogP contribution in [0.1, 0.15) is 21.5 Å². The van der Waals surface area contributed by atoms with Crippen LogP contribution in [0.25, 0.3) is 0 Å². The predicted octanol–water partition coefficient (Wildman–Crippen LogP) is 2.47. The van der Waals surface area contributed by atoms with Crippen molar-refractivity contribution in [1.82, 2.24) is 9.88 Å². The minimum atomic E-state index is -4.67. The number of hydrogen-bond donors (Lipinski definition) is 1. The minimum absolute atomic E-state index is 0.208. The van der Waals surface area contributed by atoms with Crippen LogP contribution in [0, 0.1) is 5.82 Å². The molecule has 0 aliphatic carbocycles. The first kappa shape index (κ1) is 16.7. The second kappa shape index (κ2) is 6.23. The van der Waals surface area contributed by atoms with Crippen LogP contribution in [0.4, 0.5) is 17.6 Å². The maximum atomic E-state index is 13.2. The number of amides is 1. The van der Waals surface area contributed by atoms with Crippen molar-refractivity contribution < 1.29 is 22.4 Å². The van der Waals surface area contributed by atoms with Crippen molar-refractivity contribution in [3.63, 3.8) is 0 Å². The van der Waals surface area contributed by atoms with Gasteiger partial charge in [0.2, 0.25) is 0 Å². The standard InChI is InChI=1S/C15H12F4N2O2/c1-21-6-2-3-11(14(21)23)13(22)20-8-9-7-10(16)4-5-12(9)15(17,18)19/h2-7H,8H2,1H3,(H,20,22). The molecule has 1 N–H and O–H groups in total. The van der Waals surface area contributed by atoms with Crippen molar-refractivity contribution in [2.75, 3.05) is 0 Å². The maximum Gasteiger partial charge on any atom is 0.416 e. The number of rotatable bonds is 3. The van der Waals surface area contributed by atoms with E-state index in [1.807, 2.05) is 0 Å². The van der Waals surface area contributed by atoms with Crippen LogP contribution in [0.15, 0.2) is 41.3 Å². The number of alkyl halides is 3. The van der Waals surface area contributed by atoms with Gasteiger partial charge in [-0.3, -0.25) is 9.59 Å². The van der Waals surface area contributed by atoms with Crippen LogP contribution < -0.4 is 10.9 Å². The van der Waals surface area contributed by atoms with Gasteiger partial charge >= 0.3 is 6.18 Å². The van der Waals surface area contributed by atoms with Crippen LogP contribution in [0.3, 0.4) is 0 Å². The highest BCUT2D eigenvalue weighted by Crippen LogP contribution is 2.32. The monoisotopic (exact) mass is 328 g/mol. The number of hydrogen-bond acceptors (Lipinski definition) is 2. The van der Waals surface area contributed by atoms with Crippen LogP contribution in [-0.2, 0) is 19.8 Å². The van der Waals surface area contributed by atoms with Crippen molar-refractivity contribution in [2.24, 2.45) is 7.05 Å². The topological polar surface area (TPSA) is 51.1 Å². The van der Waals surface area contributed by atoms with E-state index in [4.69, 9.17) is 0 Å². The summed E-state index contributed by atoms with van der Waals surface area (Å²) in [7, 11) is 1.44. The summed E-state index contributed by atoms with van der Waals surface area (Å²) < 4.78 is 52.9. The molecule has 0 bridgehead atoms. The normalized spacial score (nSPS) is 11.3. The highest BCUT2D eigenvalue weighted by Gasteiger charge is 2.33. The first-order chi connectivity index (χ1) is 10.7. The van der Waals surface area contributed by atoms with Gasteiger partial charge in [-0.05, 0) is 35.9 Å². The minimum Gasteiger partial charge on any atom is -0.348 e. The Hall–Kier alpha value is -2.64. The quantitative estimate of drug-likeness (QED) is 0.880. The number of benzene rings is 1. The predicted molar refractivity (Wildman–Crippen MR) is 74.3 cm³/mol. The Bertz CT molecular complexity index is 797. The van der Waals surface area contributed by atoms with Gasteiger partial charge in [0.25, 0.3) is 11.5 Å². The van der Waals surface area contributed by atoms with Gasteiger partial charge < -0.3 is 9.88 Å². The lowest BCUT2D eigenvalue weighted by Gasteiger charge is -2.13. The Morgan fingerprint density at radius 3 is 2.61 bits per heavy atom. The molecule has 1 aromatic heterocycles. The van der Waals surface area contributed by atoms with Gasteiger partial charge in [-0.1, -0.05) is 0 Å². The number of halogens is 4. The molecule has 0 unspecified atom stereocenters. The number of aromatic nitrogens is 1. The van der Waals surface area contributed by atoms with E-state index in [9.17, 15) is 27.2 Å². The lowest BCUT2D eigenvalue weighted by atomic mass is 10.1. The molecule has 23 heavy (non-hydrogen) atoms. The molecule has 1 heterocycles. The molecule has 0 saturated heterocycles. The maximum absolute atomic E-state index is 13.2. The van der Waals surface area contributed by atoms with Gasteiger partial charge in [0.05, 0.1) is 5.56 Å². The molecule has 2 rings (SSSR count). The second-order valence-corrected chi connectivity index (χ2v) is 4.82. The molecule has 4 nitrogen and oxygen atoms in total. The van der Waals surface area contributed by atoms with E-state index in [-0.39, 0.29) is 5.56 Å². The lowest BCUT2D eigenvalue weighted by molar-refractivity contribution is -0.138. The van der Waals surface area contributed by atoms with E-state index in [2.05, 4.69) is 5.32 Å². The fourth-order valence-electron chi connectivity index (χ4n) is 2.03. The summed E-state index contributed by atoms with van der Waals surface area (Å²) in [6.45, 7) is -0.552. The Morgan fingerprint density at radius 1 is 1.26 bits per heavy atom. The van der Waals surface area contributed by atoms with Gasteiger partial charge in [0.1, 0.15) is 11.4 Å². The first-order valence-electron chi connectivity index (χ1n) is 6.49. The van der Waals surface area contributed by atoms with Gasteiger partial charge in [0, 0.05) is 19.8 Å². The number of carbonyl (C=O) groups is 1. The summed E-state index contributed by atoms with van der Waals surface area (Å²) in [5, 5.41) is 2.20. The zero-order chi connectivity index (χ0) is 17.2. The van der Waals surface area contributed by atoms with Gasteiger partial charge in [-0.2, -0.15) is 13.2 Å². The summed E-state index contributed by atoms with van der Waals surface area (Å²) in [5.41, 5.74) is -2.25. The van der Waals surface area contributed by atoms with Crippen molar-refractivity contribution in [3.05, 3.63) is 69.4 Å². The van der Waals surface area contributed by atoms with E-state index in [1.54, 1.807) is 0 Å². The molecule has 0 fully saturated rings. The summed E-state index contributed by atoms with van der Waals surface area (Å²) in [4.78, 5) is 23.7. The third-order valence-corrected chi connectivity index (χ3v) is 3.18. The van der Waals surface area contributed by atoms with E-state index in [0.717, 1.165) is 4.57 Å². The van der Waals surface area contributed by atoms with E-state index < -0.39 is 41.1 Å².